The first-order chi connectivity index (χ1) is 12.5. The van der Waals surface area contributed by atoms with E-state index in [2.05, 4.69) is 10.4 Å². The van der Waals surface area contributed by atoms with Crippen LogP contribution in [0, 0.1) is 0 Å². The van der Waals surface area contributed by atoms with Gasteiger partial charge < -0.3 is 10.4 Å². The SMILES string of the molecule is CCn1nc(-c2ccccc2)c(C(=O)O)c(Nc2cccc(Cl)c2)c1=O. The van der Waals surface area contributed by atoms with Gasteiger partial charge in [0.1, 0.15) is 16.9 Å². The van der Waals surface area contributed by atoms with Crippen molar-refractivity contribution < 1.29 is 9.90 Å². The van der Waals surface area contributed by atoms with Crippen molar-refractivity contribution in [3.8, 4) is 11.3 Å². The Balaban J connectivity index is 2.27. The van der Waals surface area contributed by atoms with Crippen molar-refractivity contribution in [1.82, 2.24) is 9.78 Å². The van der Waals surface area contributed by atoms with Gasteiger partial charge in [-0.2, -0.15) is 5.10 Å². The number of benzene rings is 2. The number of anilines is 2. The Kier molecular flexibility index (Phi) is 5.04. The summed E-state index contributed by atoms with van der Waals surface area (Å²) in [5.74, 6) is -1.23. The molecule has 6 nitrogen and oxygen atoms in total. The van der Waals surface area contributed by atoms with Crippen LogP contribution in [0.5, 0.6) is 0 Å². The van der Waals surface area contributed by atoms with Crippen LogP contribution in [-0.4, -0.2) is 20.9 Å². The van der Waals surface area contributed by atoms with E-state index in [0.717, 1.165) is 0 Å². The number of carbonyl (C=O) groups is 1. The molecule has 26 heavy (non-hydrogen) atoms. The Morgan fingerprint density at radius 2 is 1.92 bits per heavy atom. The molecule has 0 fully saturated rings. The first-order valence-electron chi connectivity index (χ1n) is 7.97. The van der Waals surface area contributed by atoms with Crippen LogP contribution in [0.2, 0.25) is 5.02 Å². The fourth-order valence-electron chi connectivity index (χ4n) is 2.62. The molecule has 0 atom stereocenters. The lowest BCUT2D eigenvalue weighted by Gasteiger charge is -2.15. The predicted molar refractivity (Wildman–Crippen MR) is 101 cm³/mol. The molecular weight excluding hydrogens is 354 g/mol. The monoisotopic (exact) mass is 369 g/mol. The fraction of sp³-hybridized carbons (Fsp3) is 0.105. The number of nitrogens with zero attached hydrogens (tertiary/aromatic N) is 2. The molecule has 0 saturated carbocycles. The smallest absolute Gasteiger partial charge is 0.340 e. The van der Waals surface area contributed by atoms with Gasteiger partial charge in [0, 0.05) is 22.8 Å². The second kappa shape index (κ2) is 7.41. The number of aromatic carboxylic acids is 1. The van der Waals surface area contributed by atoms with Crippen molar-refractivity contribution in [3.05, 3.63) is 75.5 Å². The highest BCUT2D eigenvalue weighted by atomic mass is 35.5. The molecule has 0 aliphatic heterocycles. The molecule has 1 aromatic heterocycles. The minimum atomic E-state index is -1.23. The molecule has 132 valence electrons. The summed E-state index contributed by atoms with van der Waals surface area (Å²) in [4.78, 5) is 24.7. The number of rotatable bonds is 5. The maximum absolute atomic E-state index is 12.7. The maximum atomic E-state index is 12.7. The van der Waals surface area contributed by atoms with Gasteiger partial charge in [-0.1, -0.05) is 48.0 Å². The Morgan fingerprint density at radius 3 is 2.54 bits per heavy atom. The van der Waals surface area contributed by atoms with Crippen molar-refractivity contribution in [2.75, 3.05) is 5.32 Å². The summed E-state index contributed by atoms with van der Waals surface area (Å²) in [7, 11) is 0. The van der Waals surface area contributed by atoms with E-state index in [1.54, 1.807) is 55.5 Å². The van der Waals surface area contributed by atoms with Crippen molar-refractivity contribution >= 4 is 28.9 Å². The van der Waals surface area contributed by atoms with Crippen LogP contribution in [0.3, 0.4) is 0 Å². The standard InChI is InChI=1S/C19H16ClN3O3/c1-2-23-18(24)17(21-14-10-6-9-13(20)11-14)15(19(25)26)16(22-23)12-7-4-3-5-8-12/h3-11,21H,2H2,1H3,(H,25,26). The van der Waals surface area contributed by atoms with E-state index in [1.807, 2.05) is 6.07 Å². The number of hydrogen-bond donors (Lipinski definition) is 2. The first-order valence-corrected chi connectivity index (χ1v) is 8.35. The summed E-state index contributed by atoms with van der Waals surface area (Å²) in [6.07, 6.45) is 0. The highest BCUT2D eigenvalue weighted by Gasteiger charge is 2.23. The minimum absolute atomic E-state index is 0.0459. The van der Waals surface area contributed by atoms with Crippen LogP contribution >= 0.6 is 11.6 Å². The van der Waals surface area contributed by atoms with Crippen LogP contribution in [0.15, 0.2) is 59.4 Å². The molecule has 0 saturated heterocycles. The topological polar surface area (TPSA) is 84.2 Å². The lowest BCUT2D eigenvalue weighted by Crippen LogP contribution is -2.28. The molecule has 3 rings (SSSR count). The van der Waals surface area contributed by atoms with Crippen LogP contribution in [0.4, 0.5) is 11.4 Å². The minimum Gasteiger partial charge on any atom is -0.478 e. The van der Waals surface area contributed by atoms with Crippen LogP contribution in [0.25, 0.3) is 11.3 Å². The number of carboxylic acid groups (broad SMARTS) is 1. The van der Waals surface area contributed by atoms with Crippen molar-refractivity contribution in [1.29, 1.82) is 0 Å². The number of hydrogen-bond acceptors (Lipinski definition) is 4. The highest BCUT2D eigenvalue weighted by molar-refractivity contribution is 6.30. The van der Waals surface area contributed by atoms with Gasteiger partial charge in [0.15, 0.2) is 0 Å². The second-order valence-corrected chi connectivity index (χ2v) is 5.96. The van der Waals surface area contributed by atoms with Crippen LogP contribution < -0.4 is 10.9 Å². The van der Waals surface area contributed by atoms with Gasteiger partial charge in [-0.15, -0.1) is 0 Å². The van der Waals surface area contributed by atoms with Crippen LogP contribution in [-0.2, 0) is 6.54 Å². The van der Waals surface area contributed by atoms with E-state index in [4.69, 9.17) is 11.6 Å². The maximum Gasteiger partial charge on any atom is 0.340 e. The van der Waals surface area contributed by atoms with Gasteiger partial charge in [-0.25, -0.2) is 9.48 Å². The molecule has 2 N–H and O–H groups in total. The van der Waals surface area contributed by atoms with Crippen LogP contribution in [0.1, 0.15) is 17.3 Å². The summed E-state index contributed by atoms with van der Waals surface area (Å²) < 4.78 is 1.24. The summed E-state index contributed by atoms with van der Waals surface area (Å²) in [5, 5.41) is 17.4. The Hall–Kier alpha value is -3.12. The van der Waals surface area contributed by atoms with E-state index >= 15 is 0 Å². The normalized spacial score (nSPS) is 10.5. The molecule has 0 spiro atoms. The number of aromatic nitrogens is 2. The number of halogens is 1. The van der Waals surface area contributed by atoms with Gasteiger partial charge in [0.05, 0.1) is 0 Å². The summed E-state index contributed by atoms with van der Waals surface area (Å²) in [6, 6.07) is 15.6. The quantitative estimate of drug-likeness (QED) is 0.709. The number of nitrogens with one attached hydrogen (secondary N) is 1. The molecule has 2 aromatic carbocycles. The van der Waals surface area contributed by atoms with E-state index in [9.17, 15) is 14.7 Å². The van der Waals surface area contributed by atoms with Gasteiger partial charge in [-0.05, 0) is 25.1 Å². The zero-order chi connectivity index (χ0) is 18.7. The Labute approximate surface area is 154 Å². The molecule has 0 unspecified atom stereocenters. The highest BCUT2D eigenvalue weighted by Crippen LogP contribution is 2.27. The molecule has 0 bridgehead atoms. The third-order valence-electron chi connectivity index (χ3n) is 3.81. The molecular formula is C19H16ClN3O3. The summed E-state index contributed by atoms with van der Waals surface area (Å²) in [5.41, 5.74) is 0.626. The molecule has 0 aliphatic carbocycles. The van der Waals surface area contributed by atoms with Crippen molar-refractivity contribution in [2.24, 2.45) is 0 Å². The number of aryl methyl sites for hydroxylation is 1. The second-order valence-electron chi connectivity index (χ2n) is 5.53. The first kappa shape index (κ1) is 17.7. The van der Waals surface area contributed by atoms with E-state index in [-0.39, 0.29) is 16.9 Å². The summed E-state index contributed by atoms with van der Waals surface area (Å²) >= 11 is 5.99. The van der Waals surface area contributed by atoms with E-state index < -0.39 is 11.5 Å². The van der Waals surface area contributed by atoms with Gasteiger partial charge in [0.2, 0.25) is 0 Å². The molecule has 3 aromatic rings. The zero-order valence-corrected chi connectivity index (χ0v) is 14.7. The Morgan fingerprint density at radius 1 is 1.19 bits per heavy atom. The van der Waals surface area contributed by atoms with Crippen molar-refractivity contribution in [2.45, 2.75) is 13.5 Å². The van der Waals surface area contributed by atoms with Gasteiger partial charge in [0.25, 0.3) is 5.56 Å². The Bertz CT molecular complexity index is 1020. The third kappa shape index (κ3) is 3.45. The molecule has 7 heteroatoms. The molecule has 0 amide bonds. The number of carboxylic acids is 1. The predicted octanol–water partition coefficient (Wildman–Crippen LogP) is 4.03. The molecule has 0 radical (unpaired) electrons. The van der Waals surface area contributed by atoms with E-state index in [1.165, 1.54) is 4.68 Å². The lowest BCUT2D eigenvalue weighted by atomic mass is 10.0. The van der Waals surface area contributed by atoms with E-state index in [0.29, 0.717) is 22.8 Å². The summed E-state index contributed by atoms with van der Waals surface area (Å²) in [6.45, 7) is 2.08. The lowest BCUT2D eigenvalue weighted by molar-refractivity contribution is 0.0698. The largest absolute Gasteiger partial charge is 0.478 e. The van der Waals surface area contributed by atoms with Crippen molar-refractivity contribution in [3.63, 3.8) is 0 Å². The molecule has 1 heterocycles. The molecule has 0 aliphatic rings. The fourth-order valence-corrected chi connectivity index (χ4v) is 2.81. The third-order valence-corrected chi connectivity index (χ3v) is 4.05. The average Bonchev–Trinajstić information content (AvgIpc) is 2.63. The van der Waals surface area contributed by atoms with Gasteiger partial charge >= 0.3 is 5.97 Å². The van der Waals surface area contributed by atoms with Gasteiger partial charge in [-0.3, -0.25) is 4.79 Å². The zero-order valence-electron chi connectivity index (χ0n) is 13.9. The average molecular weight is 370 g/mol.